The van der Waals surface area contributed by atoms with E-state index in [-0.39, 0.29) is 0 Å². The summed E-state index contributed by atoms with van der Waals surface area (Å²) in [6, 6.07) is 0.650. The Bertz CT molecular complexity index is 356. The second kappa shape index (κ2) is 4.07. The highest BCUT2D eigenvalue weighted by molar-refractivity contribution is 6.60. The van der Waals surface area contributed by atoms with E-state index in [0.29, 0.717) is 6.07 Å². The normalized spacial score (nSPS) is 11.3. The summed E-state index contributed by atoms with van der Waals surface area (Å²) in [6.07, 6.45) is -3.80. The number of hydrogen-bond acceptors (Lipinski definition) is 4. The molecule has 1 heterocycles. The van der Waals surface area contributed by atoms with Crippen molar-refractivity contribution in [2.24, 2.45) is 0 Å². The Balaban J connectivity index is 3.39. The lowest BCUT2D eigenvalue weighted by molar-refractivity contribution is -0.137. The molecular formula is C7H7BF3NO3. The van der Waals surface area contributed by atoms with Gasteiger partial charge in [-0.15, -0.1) is 0 Å². The molecule has 0 aliphatic carbocycles. The third-order valence-corrected chi connectivity index (χ3v) is 1.71. The lowest BCUT2D eigenvalue weighted by Gasteiger charge is -2.14. The van der Waals surface area contributed by atoms with E-state index in [9.17, 15) is 13.2 Å². The zero-order chi connectivity index (χ0) is 11.6. The van der Waals surface area contributed by atoms with Crippen LogP contribution in [0.3, 0.4) is 0 Å². The lowest BCUT2D eigenvalue weighted by atomic mass is 9.77. The van der Waals surface area contributed by atoms with Gasteiger partial charge in [0.05, 0.1) is 18.1 Å². The Hall–Kier alpha value is -1.28. The molecule has 82 valence electrons. The first kappa shape index (κ1) is 11.8. The van der Waals surface area contributed by atoms with Crippen LogP contribution in [-0.4, -0.2) is 29.3 Å². The molecule has 15 heavy (non-hydrogen) atoms. The number of halogens is 3. The van der Waals surface area contributed by atoms with E-state index in [1.807, 2.05) is 0 Å². The second-order valence-corrected chi connectivity index (χ2v) is 2.65. The van der Waals surface area contributed by atoms with Gasteiger partial charge >= 0.3 is 13.3 Å². The Morgan fingerprint density at radius 3 is 2.40 bits per heavy atom. The molecule has 4 nitrogen and oxygen atoms in total. The first-order valence-corrected chi connectivity index (χ1v) is 3.84. The van der Waals surface area contributed by atoms with E-state index in [2.05, 4.69) is 9.72 Å². The Kier molecular flexibility index (Phi) is 3.20. The molecule has 0 saturated carbocycles. The summed E-state index contributed by atoms with van der Waals surface area (Å²) >= 11 is 0. The van der Waals surface area contributed by atoms with Gasteiger partial charge in [0.2, 0.25) is 5.88 Å². The van der Waals surface area contributed by atoms with Gasteiger partial charge in [-0.25, -0.2) is 4.98 Å². The largest absolute Gasteiger partial charge is 0.494 e. The van der Waals surface area contributed by atoms with E-state index in [1.54, 1.807) is 0 Å². The fraction of sp³-hybridized carbons (Fsp3) is 0.286. The van der Waals surface area contributed by atoms with Gasteiger partial charge in [0.1, 0.15) is 0 Å². The van der Waals surface area contributed by atoms with Crippen LogP contribution in [0.1, 0.15) is 5.56 Å². The number of rotatable bonds is 2. The van der Waals surface area contributed by atoms with E-state index in [0.717, 1.165) is 13.3 Å². The summed E-state index contributed by atoms with van der Waals surface area (Å²) in [7, 11) is -1.20. The van der Waals surface area contributed by atoms with Crippen LogP contribution in [0.4, 0.5) is 13.2 Å². The summed E-state index contributed by atoms with van der Waals surface area (Å²) in [5, 5.41) is 17.6. The molecule has 0 fully saturated rings. The molecule has 0 saturated heterocycles. The molecule has 0 spiro atoms. The quantitative estimate of drug-likeness (QED) is 0.678. The fourth-order valence-electron chi connectivity index (χ4n) is 1.11. The van der Waals surface area contributed by atoms with Crippen LogP contribution in [0.5, 0.6) is 5.88 Å². The molecule has 2 N–H and O–H groups in total. The molecule has 0 aliphatic rings. The third-order valence-electron chi connectivity index (χ3n) is 1.71. The minimum atomic E-state index is -4.69. The number of ether oxygens (including phenoxy) is 1. The second-order valence-electron chi connectivity index (χ2n) is 2.65. The molecule has 0 aliphatic heterocycles. The standard InChI is InChI=1S/C7H7BF3NO3/c1-15-6-5(8(13)14)4(2-3-12-6)7(9,10)11/h2-3,13-14H,1H3. The first-order chi connectivity index (χ1) is 6.88. The van der Waals surface area contributed by atoms with Crippen LogP contribution in [-0.2, 0) is 6.18 Å². The number of pyridine rings is 1. The van der Waals surface area contributed by atoms with Crippen LogP contribution in [0.15, 0.2) is 12.3 Å². The fourth-order valence-corrected chi connectivity index (χ4v) is 1.11. The topological polar surface area (TPSA) is 62.6 Å². The number of methoxy groups -OCH3 is 1. The minimum Gasteiger partial charge on any atom is -0.481 e. The van der Waals surface area contributed by atoms with Gasteiger partial charge in [-0.3, -0.25) is 0 Å². The van der Waals surface area contributed by atoms with Crippen LogP contribution in [0.25, 0.3) is 0 Å². The summed E-state index contributed by atoms with van der Waals surface area (Å²) in [5.74, 6) is -0.458. The molecule has 0 atom stereocenters. The Morgan fingerprint density at radius 1 is 1.40 bits per heavy atom. The van der Waals surface area contributed by atoms with Crippen molar-refractivity contribution in [2.75, 3.05) is 7.11 Å². The monoisotopic (exact) mass is 221 g/mol. The van der Waals surface area contributed by atoms with Gasteiger partial charge in [0, 0.05) is 6.20 Å². The zero-order valence-corrected chi connectivity index (χ0v) is 7.62. The van der Waals surface area contributed by atoms with Crippen molar-refractivity contribution in [3.8, 4) is 5.88 Å². The van der Waals surface area contributed by atoms with Gasteiger partial charge in [-0.1, -0.05) is 0 Å². The van der Waals surface area contributed by atoms with Crippen molar-refractivity contribution in [1.29, 1.82) is 0 Å². The van der Waals surface area contributed by atoms with Crippen molar-refractivity contribution in [1.82, 2.24) is 4.98 Å². The highest BCUT2D eigenvalue weighted by atomic mass is 19.4. The average Bonchev–Trinajstić information content (AvgIpc) is 2.15. The Morgan fingerprint density at radius 2 is 2.00 bits per heavy atom. The van der Waals surface area contributed by atoms with Gasteiger partial charge in [0.15, 0.2) is 0 Å². The third kappa shape index (κ3) is 2.39. The summed E-state index contributed by atoms with van der Waals surface area (Å²) in [5.41, 5.74) is -1.96. The summed E-state index contributed by atoms with van der Waals surface area (Å²) in [4.78, 5) is 3.45. The molecule has 1 rings (SSSR count). The predicted octanol–water partition coefficient (Wildman–Crippen LogP) is -0.211. The van der Waals surface area contributed by atoms with Gasteiger partial charge in [-0.05, 0) is 6.07 Å². The number of hydrogen-bond donors (Lipinski definition) is 2. The zero-order valence-electron chi connectivity index (χ0n) is 7.62. The molecule has 1 aromatic heterocycles. The molecule has 1 aromatic rings. The average molecular weight is 221 g/mol. The number of alkyl halides is 3. The van der Waals surface area contributed by atoms with Crippen molar-refractivity contribution >= 4 is 12.6 Å². The summed E-state index contributed by atoms with van der Waals surface area (Å²) in [6.45, 7) is 0. The first-order valence-electron chi connectivity index (χ1n) is 3.84. The maximum atomic E-state index is 12.4. The van der Waals surface area contributed by atoms with Crippen LogP contribution < -0.4 is 10.2 Å². The molecule has 8 heteroatoms. The highest BCUT2D eigenvalue weighted by Gasteiger charge is 2.38. The number of nitrogens with zero attached hydrogens (tertiary/aromatic N) is 1. The van der Waals surface area contributed by atoms with Crippen molar-refractivity contribution in [3.63, 3.8) is 0 Å². The van der Waals surface area contributed by atoms with E-state index >= 15 is 0 Å². The molecule has 0 amide bonds. The van der Waals surface area contributed by atoms with E-state index in [1.165, 1.54) is 0 Å². The SMILES string of the molecule is COc1nccc(C(F)(F)F)c1B(O)O. The van der Waals surface area contributed by atoms with Gasteiger partial charge in [-0.2, -0.15) is 13.2 Å². The highest BCUT2D eigenvalue weighted by Crippen LogP contribution is 2.29. The smallest absolute Gasteiger partial charge is 0.481 e. The molecule has 0 bridgehead atoms. The summed E-state index contributed by atoms with van der Waals surface area (Å²) < 4.78 is 41.8. The van der Waals surface area contributed by atoms with Crippen molar-refractivity contribution in [2.45, 2.75) is 6.18 Å². The van der Waals surface area contributed by atoms with Crippen molar-refractivity contribution < 1.29 is 28.0 Å². The van der Waals surface area contributed by atoms with E-state index < -0.39 is 30.2 Å². The van der Waals surface area contributed by atoms with Crippen LogP contribution >= 0.6 is 0 Å². The van der Waals surface area contributed by atoms with Crippen LogP contribution in [0.2, 0.25) is 0 Å². The Labute approximate surface area is 83.5 Å². The minimum absolute atomic E-state index is 0.458. The van der Waals surface area contributed by atoms with Crippen LogP contribution in [0, 0.1) is 0 Å². The van der Waals surface area contributed by atoms with Gasteiger partial charge in [0.25, 0.3) is 0 Å². The predicted molar refractivity (Wildman–Crippen MR) is 45.6 cm³/mol. The molecule has 0 unspecified atom stereocenters. The van der Waals surface area contributed by atoms with Crippen molar-refractivity contribution in [3.05, 3.63) is 17.8 Å². The molecule has 0 radical (unpaired) electrons. The maximum Gasteiger partial charge on any atom is 0.494 e. The molecular weight excluding hydrogens is 214 g/mol. The van der Waals surface area contributed by atoms with Gasteiger partial charge < -0.3 is 14.8 Å². The number of aromatic nitrogens is 1. The maximum absolute atomic E-state index is 12.4. The molecule has 0 aromatic carbocycles. The lowest BCUT2D eigenvalue weighted by Crippen LogP contribution is -2.37. The van der Waals surface area contributed by atoms with E-state index in [4.69, 9.17) is 10.0 Å².